The van der Waals surface area contributed by atoms with E-state index in [1.807, 2.05) is 14.0 Å². The number of carbonyl (C=O) groups is 1. The van der Waals surface area contributed by atoms with E-state index in [-0.39, 0.29) is 12.5 Å². The Bertz CT molecular complexity index is 233. The van der Waals surface area contributed by atoms with Crippen molar-refractivity contribution in [3.8, 4) is 0 Å². The topological polar surface area (TPSA) is 52.6 Å². The second-order valence-electron chi connectivity index (χ2n) is 4.95. The van der Waals surface area contributed by atoms with Gasteiger partial charge >= 0.3 is 0 Å². The van der Waals surface area contributed by atoms with E-state index in [0.29, 0.717) is 18.4 Å². The molecule has 0 spiro atoms. The van der Waals surface area contributed by atoms with Gasteiger partial charge in [0, 0.05) is 39.2 Å². The minimum Gasteiger partial charge on any atom is -0.396 e. The Kier molecular flexibility index (Phi) is 6.52. The molecular formula is C13H26N2O2. The van der Waals surface area contributed by atoms with Gasteiger partial charge in [-0.2, -0.15) is 0 Å². The molecule has 1 aliphatic carbocycles. The zero-order valence-corrected chi connectivity index (χ0v) is 11.1. The van der Waals surface area contributed by atoms with Crippen molar-refractivity contribution in [1.29, 1.82) is 0 Å². The first kappa shape index (κ1) is 14.5. The number of hydrogen-bond acceptors (Lipinski definition) is 3. The van der Waals surface area contributed by atoms with Crippen LogP contribution in [0.1, 0.15) is 39.0 Å². The maximum atomic E-state index is 11.6. The molecule has 1 saturated carbocycles. The summed E-state index contributed by atoms with van der Waals surface area (Å²) in [5.41, 5.74) is 0. The summed E-state index contributed by atoms with van der Waals surface area (Å²) in [5.74, 6) is 0.569. The Labute approximate surface area is 104 Å². The van der Waals surface area contributed by atoms with E-state index in [4.69, 9.17) is 0 Å². The van der Waals surface area contributed by atoms with Crippen LogP contribution in [0.3, 0.4) is 0 Å². The van der Waals surface area contributed by atoms with Gasteiger partial charge in [0.2, 0.25) is 5.91 Å². The highest BCUT2D eigenvalue weighted by Crippen LogP contribution is 2.23. The lowest BCUT2D eigenvalue weighted by Gasteiger charge is -2.31. The number of rotatable bonds is 6. The van der Waals surface area contributed by atoms with Gasteiger partial charge in [0.1, 0.15) is 0 Å². The zero-order valence-electron chi connectivity index (χ0n) is 11.1. The lowest BCUT2D eigenvalue weighted by molar-refractivity contribution is -0.129. The minimum atomic E-state index is 0.191. The van der Waals surface area contributed by atoms with Crippen molar-refractivity contribution in [1.82, 2.24) is 10.2 Å². The monoisotopic (exact) mass is 242 g/mol. The fourth-order valence-corrected chi connectivity index (χ4v) is 2.43. The molecule has 17 heavy (non-hydrogen) atoms. The summed E-state index contributed by atoms with van der Waals surface area (Å²) in [5, 5.41) is 12.7. The van der Waals surface area contributed by atoms with Crippen LogP contribution in [0.25, 0.3) is 0 Å². The fraction of sp³-hybridized carbons (Fsp3) is 0.923. The van der Waals surface area contributed by atoms with Gasteiger partial charge in [-0.3, -0.25) is 4.79 Å². The molecule has 100 valence electrons. The van der Waals surface area contributed by atoms with Gasteiger partial charge in [0.05, 0.1) is 0 Å². The number of carbonyl (C=O) groups excluding carboxylic acids is 1. The normalized spacial score (nSPS) is 24.6. The van der Waals surface area contributed by atoms with E-state index < -0.39 is 0 Å². The van der Waals surface area contributed by atoms with Gasteiger partial charge < -0.3 is 15.3 Å². The third-order valence-electron chi connectivity index (χ3n) is 3.79. The first-order chi connectivity index (χ1) is 8.19. The first-order valence-corrected chi connectivity index (χ1v) is 6.77. The Hall–Kier alpha value is -0.610. The van der Waals surface area contributed by atoms with Crippen molar-refractivity contribution in [2.75, 3.05) is 26.7 Å². The molecule has 2 N–H and O–H groups in total. The molecule has 2 atom stereocenters. The summed E-state index contributed by atoms with van der Waals surface area (Å²) in [6, 6.07) is 0.397. The molecule has 0 aromatic carbocycles. The quantitative estimate of drug-likeness (QED) is 0.730. The van der Waals surface area contributed by atoms with E-state index in [1.165, 1.54) is 12.8 Å². The lowest BCUT2D eigenvalue weighted by atomic mass is 9.85. The molecule has 0 saturated heterocycles. The van der Waals surface area contributed by atoms with Crippen LogP contribution in [-0.4, -0.2) is 48.7 Å². The number of nitrogens with one attached hydrogen (secondary N) is 1. The maximum Gasteiger partial charge on any atom is 0.223 e. The van der Waals surface area contributed by atoms with E-state index in [1.54, 1.807) is 4.90 Å². The van der Waals surface area contributed by atoms with Crippen LogP contribution >= 0.6 is 0 Å². The highest BCUT2D eigenvalue weighted by Gasteiger charge is 2.23. The van der Waals surface area contributed by atoms with Gasteiger partial charge in [-0.25, -0.2) is 0 Å². The molecule has 0 unspecified atom stereocenters. The van der Waals surface area contributed by atoms with Crippen LogP contribution in [0, 0.1) is 5.92 Å². The SMILES string of the molecule is CCN(C)C(=O)CCN[C@H]1CCCC[C@@H]1CO. The standard InChI is InChI=1S/C13H26N2O2/c1-3-15(2)13(17)8-9-14-12-7-5-4-6-11(12)10-16/h11-12,14,16H,3-10H2,1-2H3/t11-,12+/m1/s1. The third kappa shape index (κ3) is 4.64. The van der Waals surface area contributed by atoms with Gasteiger partial charge in [-0.05, 0) is 25.7 Å². The molecule has 4 nitrogen and oxygen atoms in total. The average Bonchev–Trinajstić information content (AvgIpc) is 2.38. The molecule has 0 aromatic rings. The molecule has 1 fully saturated rings. The molecule has 0 heterocycles. The highest BCUT2D eigenvalue weighted by molar-refractivity contribution is 5.75. The molecule has 1 amide bonds. The molecular weight excluding hydrogens is 216 g/mol. The number of aliphatic hydroxyl groups is 1. The smallest absolute Gasteiger partial charge is 0.223 e. The number of nitrogens with zero attached hydrogens (tertiary/aromatic N) is 1. The van der Waals surface area contributed by atoms with Crippen LogP contribution < -0.4 is 5.32 Å². The Morgan fingerprint density at radius 2 is 2.12 bits per heavy atom. The van der Waals surface area contributed by atoms with E-state index in [2.05, 4.69) is 5.32 Å². The molecule has 0 aromatic heterocycles. The van der Waals surface area contributed by atoms with Crippen molar-refractivity contribution < 1.29 is 9.90 Å². The number of hydrogen-bond donors (Lipinski definition) is 2. The van der Waals surface area contributed by atoms with E-state index in [0.717, 1.165) is 25.9 Å². The summed E-state index contributed by atoms with van der Waals surface area (Å²) in [7, 11) is 1.83. The summed E-state index contributed by atoms with van der Waals surface area (Å²) < 4.78 is 0. The Morgan fingerprint density at radius 3 is 2.76 bits per heavy atom. The second kappa shape index (κ2) is 7.67. The molecule has 4 heteroatoms. The average molecular weight is 242 g/mol. The maximum absolute atomic E-state index is 11.6. The second-order valence-corrected chi connectivity index (χ2v) is 4.95. The summed E-state index contributed by atoms with van der Waals surface area (Å²) in [6.07, 6.45) is 5.25. The minimum absolute atomic E-state index is 0.191. The predicted molar refractivity (Wildman–Crippen MR) is 68.8 cm³/mol. The van der Waals surface area contributed by atoms with Crippen molar-refractivity contribution in [3.63, 3.8) is 0 Å². The molecule has 0 aliphatic heterocycles. The van der Waals surface area contributed by atoms with E-state index >= 15 is 0 Å². The van der Waals surface area contributed by atoms with Gasteiger partial charge in [0.15, 0.2) is 0 Å². The van der Waals surface area contributed by atoms with Gasteiger partial charge in [-0.15, -0.1) is 0 Å². The summed E-state index contributed by atoms with van der Waals surface area (Å²) in [6.45, 7) is 3.74. The molecule has 0 radical (unpaired) electrons. The molecule has 0 bridgehead atoms. The van der Waals surface area contributed by atoms with Crippen molar-refractivity contribution in [2.45, 2.75) is 45.1 Å². The summed E-state index contributed by atoms with van der Waals surface area (Å²) in [4.78, 5) is 13.3. The van der Waals surface area contributed by atoms with Crippen LogP contribution in [0.5, 0.6) is 0 Å². The lowest BCUT2D eigenvalue weighted by Crippen LogP contribution is -2.41. The fourth-order valence-electron chi connectivity index (χ4n) is 2.43. The number of amides is 1. The highest BCUT2D eigenvalue weighted by atomic mass is 16.3. The largest absolute Gasteiger partial charge is 0.396 e. The zero-order chi connectivity index (χ0) is 12.7. The van der Waals surface area contributed by atoms with Crippen molar-refractivity contribution in [3.05, 3.63) is 0 Å². The van der Waals surface area contributed by atoms with E-state index in [9.17, 15) is 9.90 Å². The third-order valence-corrected chi connectivity index (χ3v) is 3.79. The van der Waals surface area contributed by atoms with Crippen molar-refractivity contribution >= 4 is 5.91 Å². The first-order valence-electron chi connectivity index (χ1n) is 6.77. The van der Waals surface area contributed by atoms with Crippen molar-refractivity contribution in [2.24, 2.45) is 5.92 Å². The van der Waals surface area contributed by atoms with Gasteiger partial charge in [0.25, 0.3) is 0 Å². The van der Waals surface area contributed by atoms with Gasteiger partial charge in [-0.1, -0.05) is 12.8 Å². The number of aliphatic hydroxyl groups excluding tert-OH is 1. The van der Waals surface area contributed by atoms with Crippen LogP contribution in [0.4, 0.5) is 0 Å². The molecule has 1 aliphatic rings. The van der Waals surface area contributed by atoms with Crippen LogP contribution in [0.2, 0.25) is 0 Å². The Morgan fingerprint density at radius 1 is 1.41 bits per heavy atom. The predicted octanol–water partition coefficient (Wildman–Crippen LogP) is 0.995. The Balaban J connectivity index is 2.22. The summed E-state index contributed by atoms with van der Waals surface area (Å²) >= 11 is 0. The van der Waals surface area contributed by atoms with Crippen LogP contribution in [-0.2, 0) is 4.79 Å². The molecule has 1 rings (SSSR count). The van der Waals surface area contributed by atoms with Crippen LogP contribution in [0.15, 0.2) is 0 Å².